The van der Waals surface area contributed by atoms with Gasteiger partial charge in [0.15, 0.2) is 0 Å². The van der Waals surface area contributed by atoms with Crippen LogP contribution in [0, 0.1) is 6.92 Å². The summed E-state index contributed by atoms with van der Waals surface area (Å²) in [7, 11) is 0. The van der Waals surface area contributed by atoms with Crippen LogP contribution in [-0.4, -0.2) is 30.1 Å². The second-order valence-electron chi connectivity index (χ2n) is 7.72. The molecule has 5 rings (SSSR count). The van der Waals surface area contributed by atoms with Crippen LogP contribution >= 0.6 is 11.6 Å². The number of pyridine rings is 1. The number of carbonyl (C=O) groups excluding carboxylic acids is 1. The van der Waals surface area contributed by atoms with Crippen molar-refractivity contribution in [2.45, 2.75) is 20.0 Å². The van der Waals surface area contributed by atoms with Gasteiger partial charge in [0.1, 0.15) is 0 Å². The van der Waals surface area contributed by atoms with E-state index in [9.17, 15) is 9.59 Å². The van der Waals surface area contributed by atoms with Crippen molar-refractivity contribution in [1.82, 2.24) is 29.5 Å². The Morgan fingerprint density at radius 3 is 2.64 bits per heavy atom. The summed E-state index contributed by atoms with van der Waals surface area (Å²) in [6.45, 7) is 2.57. The standard InChI is InChI=1S/C24H19ClN6O2/c1-15-4-9-19-20(11-15)30(14-16-5-7-18(25)8-6-16)24(33)22-28-21(29-31(19)22)23(32)27-13-17-3-2-10-26-12-17/h2-12H,13-14H2,1H3,(H,27,32). The van der Waals surface area contributed by atoms with Gasteiger partial charge in [-0.25, -0.2) is 4.52 Å². The molecule has 1 N–H and O–H groups in total. The van der Waals surface area contributed by atoms with Crippen molar-refractivity contribution in [3.05, 3.63) is 105 Å². The van der Waals surface area contributed by atoms with Crippen molar-refractivity contribution in [2.75, 3.05) is 0 Å². The fraction of sp³-hybridized carbons (Fsp3) is 0.125. The molecule has 0 bridgehead atoms. The number of amides is 1. The molecule has 0 aliphatic carbocycles. The third-order valence-electron chi connectivity index (χ3n) is 5.33. The number of aryl methyl sites for hydroxylation is 1. The number of benzene rings is 2. The topological polar surface area (TPSA) is 94.2 Å². The summed E-state index contributed by atoms with van der Waals surface area (Å²) in [6.07, 6.45) is 3.33. The van der Waals surface area contributed by atoms with Crippen molar-refractivity contribution in [3.8, 4) is 0 Å². The van der Waals surface area contributed by atoms with Crippen molar-refractivity contribution in [1.29, 1.82) is 0 Å². The van der Waals surface area contributed by atoms with E-state index in [0.717, 1.165) is 16.7 Å². The molecule has 0 aliphatic heterocycles. The van der Waals surface area contributed by atoms with E-state index in [4.69, 9.17) is 11.6 Å². The van der Waals surface area contributed by atoms with Gasteiger partial charge in [-0.15, -0.1) is 5.10 Å². The van der Waals surface area contributed by atoms with Crippen molar-refractivity contribution in [2.24, 2.45) is 0 Å². The lowest BCUT2D eigenvalue weighted by atomic mass is 10.2. The average molecular weight is 459 g/mol. The predicted octanol–water partition coefficient (Wildman–Crippen LogP) is 3.38. The Kier molecular flexibility index (Phi) is 5.35. The molecule has 3 aromatic heterocycles. The minimum Gasteiger partial charge on any atom is -0.345 e. The molecule has 164 valence electrons. The molecule has 9 heteroatoms. The SMILES string of the molecule is Cc1ccc2c(c1)n(Cc1ccc(Cl)cc1)c(=O)c1nc(C(=O)NCc3cccnc3)nn12. The first-order valence-electron chi connectivity index (χ1n) is 10.3. The number of halogens is 1. The minimum atomic E-state index is -0.466. The van der Waals surface area contributed by atoms with Gasteiger partial charge in [-0.3, -0.25) is 19.1 Å². The van der Waals surface area contributed by atoms with Crippen LogP contribution in [0.3, 0.4) is 0 Å². The molecule has 0 spiro atoms. The second-order valence-corrected chi connectivity index (χ2v) is 8.16. The van der Waals surface area contributed by atoms with Crippen LogP contribution in [-0.2, 0) is 13.1 Å². The molecule has 2 aromatic carbocycles. The number of carbonyl (C=O) groups is 1. The summed E-state index contributed by atoms with van der Waals surface area (Å²) in [4.78, 5) is 34.4. The second kappa shape index (κ2) is 8.48. The summed E-state index contributed by atoms with van der Waals surface area (Å²) in [6, 6.07) is 16.7. The molecular formula is C24H19ClN6O2. The van der Waals surface area contributed by atoms with E-state index in [2.05, 4.69) is 20.4 Å². The summed E-state index contributed by atoms with van der Waals surface area (Å²) in [5, 5.41) is 7.75. The molecule has 8 nitrogen and oxygen atoms in total. The van der Waals surface area contributed by atoms with Crippen molar-refractivity contribution >= 4 is 34.2 Å². The lowest BCUT2D eigenvalue weighted by molar-refractivity contribution is 0.0941. The predicted molar refractivity (Wildman–Crippen MR) is 125 cm³/mol. The van der Waals surface area contributed by atoms with Crippen molar-refractivity contribution < 1.29 is 4.79 Å². The Morgan fingerprint density at radius 1 is 1.06 bits per heavy atom. The Hall–Kier alpha value is -4.04. The van der Waals surface area contributed by atoms with Gasteiger partial charge in [0.05, 0.1) is 17.6 Å². The minimum absolute atomic E-state index is 0.0675. The maximum absolute atomic E-state index is 13.4. The van der Waals surface area contributed by atoms with Crippen molar-refractivity contribution in [3.63, 3.8) is 0 Å². The normalized spacial score (nSPS) is 11.2. The molecule has 0 atom stereocenters. The van der Waals surface area contributed by atoms with E-state index in [1.165, 1.54) is 4.52 Å². The highest BCUT2D eigenvalue weighted by Crippen LogP contribution is 2.18. The number of fused-ring (bicyclic) bond motifs is 3. The lowest BCUT2D eigenvalue weighted by Crippen LogP contribution is -2.24. The molecule has 33 heavy (non-hydrogen) atoms. The van der Waals surface area contributed by atoms with E-state index in [0.29, 0.717) is 22.6 Å². The third-order valence-corrected chi connectivity index (χ3v) is 5.58. The van der Waals surface area contributed by atoms with Gasteiger partial charge >= 0.3 is 0 Å². The first kappa shape index (κ1) is 20.8. The summed E-state index contributed by atoms with van der Waals surface area (Å²) in [5.41, 5.74) is 3.91. The average Bonchev–Trinajstić information content (AvgIpc) is 3.28. The number of hydrogen-bond acceptors (Lipinski definition) is 5. The smallest absolute Gasteiger partial charge is 0.296 e. The largest absolute Gasteiger partial charge is 0.345 e. The molecule has 0 aliphatic rings. The quantitative estimate of drug-likeness (QED) is 0.435. The van der Waals surface area contributed by atoms with Gasteiger partial charge in [0.2, 0.25) is 11.5 Å². The highest BCUT2D eigenvalue weighted by atomic mass is 35.5. The molecule has 0 fully saturated rings. The molecule has 0 saturated carbocycles. The van der Waals surface area contributed by atoms with Crippen LogP contribution in [0.1, 0.15) is 27.3 Å². The molecule has 3 heterocycles. The third kappa shape index (κ3) is 4.08. The van der Waals surface area contributed by atoms with E-state index in [1.807, 2.05) is 43.3 Å². The molecule has 0 radical (unpaired) electrons. The fourth-order valence-electron chi connectivity index (χ4n) is 3.67. The van der Waals surface area contributed by atoms with Gasteiger partial charge in [0.25, 0.3) is 11.5 Å². The molecule has 0 saturated heterocycles. The Labute approximate surface area is 193 Å². The zero-order valence-electron chi connectivity index (χ0n) is 17.7. The van der Waals surface area contributed by atoms with Gasteiger partial charge in [-0.2, -0.15) is 4.98 Å². The van der Waals surface area contributed by atoms with E-state index in [-0.39, 0.29) is 23.6 Å². The number of rotatable bonds is 5. The Bertz CT molecular complexity index is 1540. The van der Waals surface area contributed by atoms with Crippen LogP contribution in [0.5, 0.6) is 0 Å². The monoisotopic (exact) mass is 458 g/mol. The zero-order chi connectivity index (χ0) is 22.9. The maximum atomic E-state index is 13.4. The van der Waals surface area contributed by atoms with E-state index in [1.54, 1.807) is 35.2 Å². The molecule has 5 aromatic rings. The van der Waals surface area contributed by atoms with E-state index >= 15 is 0 Å². The maximum Gasteiger partial charge on any atom is 0.296 e. The molecule has 0 unspecified atom stereocenters. The number of nitrogens with zero attached hydrogens (tertiary/aromatic N) is 5. The van der Waals surface area contributed by atoms with E-state index < -0.39 is 5.91 Å². The van der Waals surface area contributed by atoms with Gasteiger partial charge < -0.3 is 5.32 Å². The zero-order valence-corrected chi connectivity index (χ0v) is 18.5. The fourth-order valence-corrected chi connectivity index (χ4v) is 3.79. The van der Waals surface area contributed by atoms with Gasteiger partial charge in [0, 0.05) is 24.0 Å². The van der Waals surface area contributed by atoms with Crippen LogP contribution in [0.15, 0.2) is 71.8 Å². The number of hydrogen-bond donors (Lipinski definition) is 1. The van der Waals surface area contributed by atoms with Crippen LogP contribution in [0.25, 0.3) is 16.7 Å². The van der Waals surface area contributed by atoms with Crippen LogP contribution < -0.4 is 10.9 Å². The van der Waals surface area contributed by atoms with Crippen LogP contribution in [0.4, 0.5) is 0 Å². The highest BCUT2D eigenvalue weighted by molar-refractivity contribution is 6.30. The number of aromatic nitrogens is 5. The van der Waals surface area contributed by atoms with Gasteiger partial charge in [-0.05, 0) is 53.9 Å². The lowest BCUT2D eigenvalue weighted by Gasteiger charge is -2.12. The molecular weight excluding hydrogens is 440 g/mol. The first-order chi connectivity index (χ1) is 16.0. The molecule has 1 amide bonds. The Balaban J connectivity index is 1.58. The summed E-state index contributed by atoms with van der Waals surface area (Å²) < 4.78 is 3.08. The highest BCUT2D eigenvalue weighted by Gasteiger charge is 2.19. The first-order valence-corrected chi connectivity index (χ1v) is 10.7. The Morgan fingerprint density at radius 2 is 1.88 bits per heavy atom. The number of nitrogens with one attached hydrogen (secondary N) is 1. The summed E-state index contributed by atoms with van der Waals surface area (Å²) >= 11 is 6.01. The summed E-state index contributed by atoms with van der Waals surface area (Å²) in [5.74, 6) is -0.534. The van der Waals surface area contributed by atoms with Crippen LogP contribution in [0.2, 0.25) is 5.02 Å². The van der Waals surface area contributed by atoms with Gasteiger partial charge in [-0.1, -0.05) is 35.9 Å².